The summed E-state index contributed by atoms with van der Waals surface area (Å²) in [7, 11) is -4.34. The zero-order valence-corrected chi connectivity index (χ0v) is 21.8. The highest BCUT2D eigenvalue weighted by Crippen LogP contribution is 2.44. The maximum absolute atomic E-state index is 13.3. The molecule has 0 spiro atoms. The maximum Gasteiger partial charge on any atom is 0.305 e. The van der Waals surface area contributed by atoms with Crippen molar-refractivity contribution in [2.24, 2.45) is 0 Å². The van der Waals surface area contributed by atoms with Crippen LogP contribution >= 0.6 is 69.6 Å². The number of benzene rings is 2. The van der Waals surface area contributed by atoms with Crippen LogP contribution in [0.4, 0.5) is 0 Å². The van der Waals surface area contributed by atoms with Gasteiger partial charge in [-0.2, -0.15) is 0 Å². The number of halogens is 6. The van der Waals surface area contributed by atoms with E-state index in [-0.39, 0.29) is 31.2 Å². The fourth-order valence-electron chi connectivity index (χ4n) is 3.36. The third kappa shape index (κ3) is 7.52. The van der Waals surface area contributed by atoms with Gasteiger partial charge in [-0.05, 0) is 47.5 Å². The summed E-state index contributed by atoms with van der Waals surface area (Å²) >= 11 is 37.4. The van der Waals surface area contributed by atoms with Gasteiger partial charge in [0, 0.05) is 20.1 Å². The average molecular weight is 597 g/mol. The molecule has 0 radical (unpaired) electrons. The number of carboxylic acids is 2. The first-order valence-corrected chi connectivity index (χ1v) is 13.1. The van der Waals surface area contributed by atoms with E-state index in [2.05, 4.69) is 0 Å². The van der Waals surface area contributed by atoms with Crippen molar-refractivity contribution in [3.8, 4) is 0 Å². The third-order valence-electron chi connectivity index (χ3n) is 4.58. The summed E-state index contributed by atoms with van der Waals surface area (Å²) in [6.07, 6.45) is -1.64. The molecule has 180 valence electrons. The number of sulfone groups is 1. The van der Waals surface area contributed by atoms with Gasteiger partial charge < -0.3 is 10.2 Å². The van der Waals surface area contributed by atoms with Crippen molar-refractivity contribution >= 4 is 91.4 Å². The quantitative estimate of drug-likeness (QED) is 0.315. The van der Waals surface area contributed by atoms with Crippen LogP contribution in [0.5, 0.6) is 0 Å². The summed E-state index contributed by atoms with van der Waals surface area (Å²) < 4.78 is 26.5. The first-order chi connectivity index (χ1) is 15.1. The summed E-state index contributed by atoms with van der Waals surface area (Å²) in [6.45, 7) is 0. The zero-order valence-electron chi connectivity index (χ0n) is 16.5. The molecule has 2 atom stereocenters. The molecule has 0 aliphatic carbocycles. The van der Waals surface area contributed by atoms with Gasteiger partial charge >= 0.3 is 11.9 Å². The Morgan fingerprint density at radius 2 is 1.06 bits per heavy atom. The lowest BCUT2D eigenvalue weighted by Crippen LogP contribution is -2.39. The summed E-state index contributed by atoms with van der Waals surface area (Å²) in [5.74, 6) is -4.64. The summed E-state index contributed by atoms with van der Waals surface area (Å²) in [4.78, 5) is 19.0. The second kappa shape index (κ2) is 10.8. The number of carboxylic acid groups (broad SMARTS) is 2. The van der Waals surface area contributed by atoms with Crippen molar-refractivity contribution in [3.05, 3.63) is 67.6 Å². The Labute approximate surface area is 220 Å². The van der Waals surface area contributed by atoms with Gasteiger partial charge in [-0.1, -0.05) is 46.4 Å². The molecule has 0 bridgehead atoms. The summed E-state index contributed by atoms with van der Waals surface area (Å²) in [5, 5.41) is 19.1. The first-order valence-electron chi connectivity index (χ1n) is 9.00. The smallest absolute Gasteiger partial charge is 0.305 e. The van der Waals surface area contributed by atoms with Gasteiger partial charge in [-0.25, -0.2) is 8.42 Å². The van der Waals surface area contributed by atoms with E-state index in [1.165, 1.54) is 36.4 Å². The Morgan fingerprint density at radius 1 is 0.727 bits per heavy atom. The van der Waals surface area contributed by atoms with Gasteiger partial charge in [0.25, 0.3) is 0 Å². The van der Waals surface area contributed by atoms with E-state index >= 15 is 0 Å². The zero-order chi connectivity index (χ0) is 25.2. The summed E-state index contributed by atoms with van der Waals surface area (Å²) in [5.41, 5.74) is -0.0213. The van der Waals surface area contributed by atoms with Crippen LogP contribution in [0, 0.1) is 0 Å². The Kier molecular flexibility index (Phi) is 9.24. The minimum absolute atomic E-state index is 0.00593. The van der Waals surface area contributed by atoms with Gasteiger partial charge in [0.15, 0.2) is 9.84 Å². The monoisotopic (exact) mass is 594 g/mol. The van der Waals surface area contributed by atoms with Crippen molar-refractivity contribution in [2.45, 2.75) is 22.6 Å². The number of aliphatic carboxylic acids is 2. The van der Waals surface area contributed by atoms with Gasteiger partial charge in [0.05, 0.1) is 34.1 Å². The molecule has 33 heavy (non-hydrogen) atoms. The normalized spacial score (nSPS) is 15.5. The van der Waals surface area contributed by atoms with Gasteiger partial charge in [-0.15, -0.1) is 23.2 Å². The fraction of sp³-hybridized carbons (Fsp3) is 0.300. The Morgan fingerprint density at radius 3 is 1.36 bits per heavy atom. The van der Waals surface area contributed by atoms with Gasteiger partial charge in [0.2, 0.25) is 0 Å². The van der Waals surface area contributed by atoms with Crippen LogP contribution in [0.15, 0.2) is 36.4 Å². The van der Waals surface area contributed by atoms with Crippen molar-refractivity contribution in [1.29, 1.82) is 0 Å². The molecule has 6 nitrogen and oxygen atoms in total. The summed E-state index contributed by atoms with van der Waals surface area (Å²) in [6, 6.07) is 8.11. The van der Waals surface area contributed by atoms with Crippen LogP contribution in [0.1, 0.15) is 24.0 Å². The lowest BCUT2D eigenvalue weighted by atomic mass is 9.96. The first kappa shape index (κ1) is 28.3. The van der Waals surface area contributed by atoms with Crippen LogP contribution in [0.2, 0.25) is 20.1 Å². The predicted octanol–water partition coefficient (Wildman–Crippen LogP) is 6.23. The number of hydrogen-bond acceptors (Lipinski definition) is 4. The molecule has 0 amide bonds. The highest BCUT2D eigenvalue weighted by molar-refractivity contribution is 7.91. The van der Waals surface area contributed by atoms with Gasteiger partial charge in [0.1, 0.15) is 0 Å². The number of rotatable bonds is 10. The van der Waals surface area contributed by atoms with E-state index < -0.39 is 55.9 Å². The topological polar surface area (TPSA) is 109 Å². The van der Waals surface area contributed by atoms with E-state index in [0.717, 1.165) is 0 Å². The van der Waals surface area contributed by atoms with Crippen LogP contribution in [0.3, 0.4) is 0 Å². The van der Waals surface area contributed by atoms with Crippen molar-refractivity contribution in [2.75, 3.05) is 11.5 Å². The molecule has 0 saturated heterocycles. The van der Waals surface area contributed by atoms with Gasteiger partial charge in [-0.3, -0.25) is 9.59 Å². The molecule has 0 aliphatic rings. The molecule has 13 heteroatoms. The molecule has 2 N–H and O–H groups in total. The van der Waals surface area contributed by atoms with Crippen molar-refractivity contribution < 1.29 is 28.2 Å². The van der Waals surface area contributed by atoms with Crippen molar-refractivity contribution in [1.82, 2.24) is 0 Å². The molecular formula is C20H16Cl6O6S. The number of alkyl halides is 2. The van der Waals surface area contributed by atoms with E-state index in [4.69, 9.17) is 69.6 Å². The lowest BCUT2D eigenvalue weighted by Gasteiger charge is -2.31. The predicted molar refractivity (Wildman–Crippen MR) is 131 cm³/mol. The van der Waals surface area contributed by atoms with Crippen LogP contribution < -0.4 is 0 Å². The molecule has 0 aliphatic heterocycles. The SMILES string of the molecule is O=C(O)CC(Cl)(CS(=O)(=O)CC(Cl)(CC(=O)O)c1cc(Cl)ccc1Cl)c1cc(Cl)ccc1Cl. The molecule has 0 aromatic heterocycles. The third-order valence-corrected chi connectivity index (χ3v) is 8.84. The van der Waals surface area contributed by atoms with Crippen LogP contribution in [-0.2, 0) is 29.2 Å². The highest BCUT2D eigenvalue weighted by Gasteiger charge is 2.44. The van der Waals surface area contributed by atoms with E-state index in [9.17, 15) is 28.2 Å². The molecule has 2 aromatic rings. The lowest BCUT2D eigenvalue weighted by molar-refractivity contribution is -0.138. The average Bonchev–Trinajstić information content (AvgIpc) is 2.63. The Bertz CT molecular complexity index is 1100. The molecular weight excluding hydrogens is 581 g/mol. The van der Waals surface area contributed by atoms with Crippen LogP contribution in [-0.4, -0.2) is 42.1 Å². The largest absolute Gasteiger partial charge is 0.481 e. The van der Waals surface area contributed by atoms with E-state index in [1.54, 1.807) is 0 Å². The Hall–Kier alpha value is -0.930. The van der Waals surface area contributed by atoms with E-state index in [0.29, 0.717) is 0 Å². The molecule has 0 heterocycles. The Balaban J connectivity index is 2.56. The second-order valence-electron chi connectivity index (χ2n) is 7.35. The molecule has 0 fully saturated rings. The van der Waals surface area contributed by atoms with E-state index in [1.807, 2.05) is 0 Å². The minimum Gasteiger partial charge on any atom is -0.481 e. The standard InChI is InChI=1S/C20H16Cl6O6S/c21-11-1-3-15(23)13(5-11)19(25,7-17(27)28)9-33(31,32)10-20(26,8-18(29)30)14-6-12(22)2-4-16(14)24/h1-6H,7-10H2,(H,27,28)(H,29,30). The molecule has 0 saturated carbocycles. The number of hydrogen-bond donors (Lipinski definition) is 2. The van der Waals surface area contributed by atoms with Crippen molar-refractivity contribution in [3.63, 3.8) is 0 Å². The second-order valence-corrected chi connectivity index (χ2v) is 12.6. The molecule has 2 rings (SSSR count). The highest BCUT2D eigenvalue weighted by atomic mass is 35.5. The maximum atomic E-state index is 13.3. The molecule has 2 unspecified atom stereocenters. The fourth-order valence-corrected chi connectivity index (χ4v) is 7.95. The van der Waals surface area contributed by atoms with Crippen LogP contribution in [0.25, 0.3) is 0 Å². The minimum atomic E-state index is -4.34. The molecule has 2 aromatic carbocycles. The number of carbonyl (C=O) groups is 2.